The van der Waals surface area contributed by atoms with Gasteiger partial charge in [-0.1, -0.05) is 102 Å². The molecule has 0 aromatic heterocycles. The van der Waals surface area contributed by atoms with Crippen LogP contribution in [0.4, 0.5) is 0 Å². The molecule has 8 atom stereocenters. The number of fused-ring (bicyclic) bond motifs is 4. The topological polar surface area (TPSA) is 118 Å². The van der Waals surface area contributed by atoms with Crippen molar-refractivity contribution in [1.29, 1.82) is 0 Å². The summed E-state index contributed by atoms with van der Waals surface area (Å²) in [5.74, 6) is -0.609. The molecule has 287 valence electrons. The van der Waals surface area contributed by atoms with Crippen molar-refractivity contribution < 1.29 is 46.1 Å². The quantitative estimate of drug-likeness (QED) is 0.102. The van der Waals surface area contributed by atoms with Crippen LogP contribution >= 0.6 is 0 Å². The zero-order chi connectivity index (χ0) is 37.6. The monoisotopic (exact) mass is 767 g/mol. The van der Waals surface area contributed by atoms with E-state index in [1.54, 1.807) is 0 Å². The van der Waals surface area contributed by atoms with Gasteiger partial charge in [0.2, 0.25) is 0 Å². The number of aliphatic imine (C=N–C) groups is 2. The SMILES string of the molecule is C/C(O)=C(/C=N[C@@H](c1ccccc1)[C@@H](N=C/C(C(=O)O[C@@H]1C[C@@H]2CC[C@@]1(C)C2(C)C)=C(/C)O)c1ccccc1)C(=O)O[C@@H]1C[C@@H]2CC[C@@]1(C)C2(C)C.[Co]. The van der Waals surface area contributed by atoms with Crippen LogP contribution in [0.25, 0.3) is 0 Å². The summed E-state index contributed by atoms with van der Waals surface area (Å²) in [6.45, 7) is 16.4. The van der Waals surface area contributed by atoms with E-state index < -0.39 is 24.0 Å². The Kier molecular flexibility index (Phi) is 11.6. The fraction of sp³-hybridized carbons (Fsp3) is 0.545. The third kappa shape index (κ3) is 7.16. The number of benzene rings is 2. The molecule has 9 heteroatoms. The minimum atomic E-state index is -0.678. The molecule has 0 spiro atoms. The van der Waals surface area contributed by atoms with Crippen molar-refractivity contribution in [1.82, 2.24) is 0 Å². The number of carbonyl (C=O) groups excluding carboxylic acids is 2. The normalized spacial score (nSPS) is 31.5. The molecule has 0 unspecified atom stereocenters. The molecule has 2 aromatic rings. The van der Waals surface area contributed by atoms with Crippen LogP contribution in [0.1, 0.15) is 117 Å². The smallest absolute Gasteiger partial charge is 0.343 e. The van der Waals surface area contributed by atoms with E-state index in [0.29, 0.717) is 11.8 Å². The first kappa shape index (κ1) is 40.5. The van der Waals surface area contributed by atoms with Gasteiger partial charge in [-0.05, 0) is 86.2 Å². The van der Waals surface area contributed by atoms with Gasteiger partial charge in [0.15, 0.2) is 0 Å². The average molecular weight is 768 g/mol. The maximum atomic E-state index is 13.7. The number of nitrogens with zero attached hydrogens (tertiary/aromatic N) is 2. The average Bonchev–Trinajstić information content (AvgIpc) is 3.62. The van der Waals surface area contributed by atoms with Crippen LogP contribution in [0.3, 0.4) is 0 Å². The standard InChI is InChI=1S/C44H56N2O6.Co/c1-27(47)33(39(49)51-35-23-31-19-21-43(35,7)41(31,3)4)25-45-37(29-15-11-9-12-16-29)38(30-17-13-10-14-18-30)46-26-34(28(2)48)40(50)52-36-24-32-20-22-44(36,8)42(32,5)6;/h9-18,25-26,31-32,35-38,47-48H,19-24H2,1-8H3;/b33-27+,34-28+,45-25?,46-26?;/t31-,32-,35+,36+,37-,38-,43+,44+;/m0./s1. The number of aliphatic hydroxyl groups excluding tert-OH is 2. The van der Waals surface area contributed by atoms with Gasteiger partial charge >= 0.3 is 11.9 Å². The molecule has 4 bridgehead atoms. The van der Waals surface area contributed by atoms with E-state index in [2.05, 4.69) is 41.5 Å². The molecule has 0 heterocycles. The number of hydrogen-bond donors (Lipinski definition) is 2. The van der Waals surface area contributed by atoms with Gasteiger partial charge in [-0.25, -0.2) is 9.59 Å². The fourth-order valence-corrected chi connectivity index (χ4v) is 9.90. The molecule has 0 saturated heterocycles. The van der Waals surface area contributed by atoms with Gasteiger partial charge in [-0.15, -0.1) is 0 Å². The Morgan fingerprint density at radius 1 is 0.660 bits per heavy atom. The van der Waals surface area contributed by atoms with Crippen LogP contribution in [0.2, 0.25) is 0 Å². The molecule has 2 aromatic carbocycles. The summed E-state index contributed by atoms with van der Waals surface area (Å²) in [5, 5.41) is 21.5. The first-order chi connectivity index (χ1) is 24.5. The molecule has 1 radical (unpaired) electrons. The molecule has 0 amide bonds. The number of rotatable bonds is 11. The Morgan fingerprint density at radius 2 is 1.00 bits per heavy atom. The van der Waals surface area contributed by atoms with E-state index in [-0.39, 0.29) is 73.3 Å². The second-order valence-corrected chi connectivity index (χ2v) is 17.3. The summed E-state index contributed by atoms with van der Waals surface area (Å²) < 4.78 is 12.3. The molecule has 6 rings (SSSR count). The van der Waals surface area contributed by atoms with E-state index >= 15 is 0 Å². The number of allylic oxidation sites excluding steroid dienone is 2. The van der Waals surface area contributed by atoms with Crippen molar-refractivity contribution >= 4 is 24.4 Å². The van der Waals surface area contributed by atoms with E-state index in [0.717, 1.165) is 49.7 Å². The Balaban J connectivity index is 0.00000541. The van der Waals surface area contributed by atoms with Crippen molar-refractivity contribution in [3.8, 4) is 0 Å². The predicted molar refractivity (Wildman–Crippen MR) is 204 cm³/mol. The summed E-state index contributed by atoms with van der Waals surface area (Å²) in [6.07, 6.45) is 8.15. The third-order valence-electron chi connectivity index (χ3n) is 14.5. The first-order valence-corrected chi connectivity index (χ1v) is 18.9. The van der Waals surface area contributed by atoms with Crippen LogP contribution in [-0.4, -0.2) is 46.8 Å². The van der Waals surface area contributed by atoms with Crippen molar-refractivity contribution in [2.75, 3.05) is 0 Å². The van der Waals surface area contributed by atoms with Crippen molar-refractivity contribution in [2.24, 2.45) is 43.5 Å². The molecule has 53 heavy (non-hydrogen) atoms. The number of hydrogen-bond acceptors (Lipinski definition) is 8. The van der Waals surface area contributed by atoms with Crippen molar-refractivity contribution in [3.05, 3.63) is 94.5 Å². The van der Waals surface area contributed by atoms with Gasteiger partial charge in [0.25, 0.3) is 0 Å². The van der Waals surface area contributed by atoms with Crippen LogP contribution < -0.4 is 0 Å². The Morgan fingerprint density at radius 3 is 1.26 bits per heavy atom. The van der Waals surface area contributed by atoms with Gasteiger partial charge in [0.1, 0.15) is 47.0 Å². The van der Waals surface area contributed by atoms with Crippen molar-refractivity contribution in [2.45, 2.75) is 118 Å². The van der Waals surface area contributed by atoms with Gasteiger partial charge in [-0.3, -0.25) is 9.98 Å². The fourth-order valence-electron chi connectivity index (χ4n) is 9.90. The predicted octanol–water partition coefficient (Wildman–Crippen LogP) is 9.79. The zero-order valence-electron chi connectivity index (χ0n) is 32.4. The molecule has 4 fully saturated rings. The Hall–Kier alpha value is -3.69. The van der Waals surface area contributed by atoms with Gasteiger partial charge < -0.3 is 19.7 Å². The summed E-state index contributed by atoms with van der Waals surface area (Å²) in [6, 6.07) is 17.8. The number of carbonyl (C=O) groups is 2. The Bertz CT molecular complexity index is 1660. The van der Waals surface area contributed by atoms with Crippen LogP contribution in [-0.2, 0) is 35.8 Å². The summed E-state index contributed by atoms with van der Waals surface area (Å²) in [4.78, 5) is 37.3. The van der Waals surface area contributed by atoms with E-state index in [9.17, 15) is 19.8 Å². The molecule has 4 aliphatic carbocycles. The van der Waals surface area contributed by atoms with Crippen LogP contribution in [0, 0.1) is 33.5 Å². The van der Waals surface area contributed by atoms with Crippen LogP contribution in [0.15, 0.2) is 93.3 Å². The number of esters is 2. The zero-order valence-corrected chi connectivity index (χ0v) is 33.4. The molecule has 0 aliphatic heterocycles. The van der Waals surface area contributed by atoms with E-state index in [4.69, 9.17) is 19.5 Å². The maximum Gasteiger partial charge on any atom is 0.343 e. The van der Waals surface area contributed by atoms with Gasteiger partial charge in [0.05, 0.1) is 0 Å². The van der Waals surface area contributed by atoms with Crippen LogP contribution in [0.5, 0.6) is 0 Å². The molecule has 2 N–H and O–H groups in total. The van der Waals surface area contributed by atoms with Gasteiger partial charge in [-0.2, -0.15) is 0 Å². The Labute approximate surface area is 325 Å². The minimum Gasteiger partial charge on any atom is -0.512 e. The minimum absolute atomic E-state index is 0. The second-order valence-electron chi connectivity index (χ2n) is 17.3. The van der Waals surface area contributed by atoms with Crippen molar-refractivity contribution in [3.63, 3.8) is 0 Å². The van der Waals surface area contributed by atoms with E-state index in [1.807, 2.05) is 60.7 Å². The van der Waals surface area contributed by atoms with Gasteiger partial charge in [0, 0.05) is 40.0 Å². The van der Waals surface area contributed by atoms with E-state index in [1.165, 1.54) is 26.3 Å². The molecule has 4 saturated carbocycles. The molecular weight excluding hydrogens is 711 g/mol. The third-order valence-corrected chi connectivity index (χ3v) is 14.5. The number of aliphatic hydroxyl groups is 2. The molecular formula is C44H56CoN2O6. The molecule has 4 aliphatic rings. The summed E-state index contributed by atoms with van der Waals surface area (Å²) >= 11 is 0. The summed E-state index contributed by atoms with van der Waals surface area (Å²) in [5.41, 5.74) is 1.42. The second kappa shape index (κ2) is 15.2. The number of ether oxygens (including phenoxy) is 2. The molecule has 8 nitrogen and oxygen atoms in total. The maximum absolute atomic E-state index is 13.7. The largest absolute Gasteiger partial charge is 0.512 e. The first-order valence-electron chi connectivity index (χ1n) is 18.9. The summed E-state index contributed by atoms with van der Waals surface area (Å²) in [7, 11) is 0.